The average molecular weight is 357 g/mol. The van der Waals surface area contributed by atoms with Crippen molar-refractivity contribution in [2.24, 2.45) is 17.3 Å². The monoisotopic (exact) mass is 357 g/mol. The fourth-order valence-corrected chi connectivity index (χ4v) is 6.45. The lowest BCUT2D eigenvalue weighted by molar-refractivity contribution is -0.169. The number of carbonyl (C=O) groups excluding carboxylic acids is 1. The Morgan fingerprint density at radius 1 is 1.27 bits per heavy atom. The van der Waals surface area contributed by atoms with E-state index in [2.05, 4.69) is 18.3 Å². The van der Waals surface area contributed by atoms with E-state index in [9.17, 15) is 9.90 Å². The van der Waals surface area contributed by atoms with Crippen LogP contribution in [0.15, 0.2) is 18.2 Å². The Labute approximate surface area is 156 Å². The van der Waals surface area contributed by atoms with Crippen LogP contribution in [0.4, 0.5) is 0 Å². The number of nitrogens with one attached hydrogen (secondary N) is 1. The van der Waals surface area contributed by atoms with Gasteiger partial charge in [0.1, 0.15) is 5.75 Å². The second-order valence-electron chi connectivity index (χ2n) is 9.28. The van der Waals surface area contributed by atoms with Crippen molar-refractivity contribution in [3.63, 3.8) is 0 Å². The van der Waals surface area contributed by atoms with Crippen molar-refractivity contribution >= 4 is 5.91 Å². The standard InChI is InChI=1S/C22H31NO3/c1-15-3-4-19(26-2)18(7-15)5-6-23-20(24)13-21-9-16-8-17(10-21)12-22(25,11-16)14-21/h3-4,7,16-17,25H,5-6,8-14H2,1-2H3,(H,23,24). The van der Waals surface area contributed by atoms with Crippen LogP contribution in [0.25, 0.3) is 0 Å². The van der Waals surface area contributed by atoms with Crippen molar-refractivity contribution in [3.8, 4) is 5.75 Å². The summed E-state index contributed by atoms with van der Waals surface area (Å²) in [4.78, 5) is 12.6. The van der Waals surface area contributed by atoms with Crippen molar-refractivity contribution in [2.45, 2.75) is 63.9 Å². The highest BCUT2D eigenvalue weighted by molar-refractivity contribution is 5.76. The van der Waals surface area contributed by atoms with Gasteiger partial charge in [-0.3, -0.25) is 4.79 Å². The van der Waals surface area contributed by atoms with E-state index in [1.54, 1.807) is 7.11 Å². The van der Waals surface area contributed by atoms with Gasteiger partial charge in [0.2, 0.25) is 5.91 Å². The number of benzene rings is 1. The lowest BCUT2D eigenvalue weighted by atomic mass is 9.47. The van der Waals surface area contributed by atoms with Gasteiger partial charge in [0.05, 0.1) is 12.7 Å². The lowest BCUT2D eigenvalue weighted by Gasteiger charge is -2.60. The number of rotatable bonds is 6. The van der Waals surface area contributed by atoms with E-state index in [0.29, 0.717) is 24.8 Å². The van der Waals surface area contributed by atoms with E-state index in [1.165, 1.54) is 12.0 Å². The molecular formula is C22H31NO3. The molecule has 0 spiro atoms. The number of hydrogen-bond donors (Lipinski definition) is 2. The number of carbonyl (C=O) groups is 1. The van der Waals surface area contributed by atoms with Crippen LogP contribution in [0, 0.1) is 24.2 Å². The number of ether oxygens (including phenoxy) is 1. The minimum atomic E-state index is -0.487. The molecule has 4 aliphatic rings. The van der Waals surface area contributed by atoms with Crippen molar-refractivity contribution in [1.82, 2.24) is 5.32 Å². The summed E-state index contributed by atoms with van der Waals surface area (Å²) in [6.45, 7) is 2.70. The molecule has 2 N–H and O–H groups in total. The number of methoxy groups -OCH3 is 1. The SMILES string of the molecule is COc1ccc(C)cc1CCNC(=O)CC12CC3CC(CC(O)(C3)C1)C2. The molecule has 0 saturated heterocycles. The highest BCUT2D eigenvalue weighted by atomic mass is 16.5. The summed E-state index contributed by atoms with van der Waals surface area (Å²) < 4.78 is 5.42. The molecule has 4 fully saturated rings. The minimum absolute atomic E-state index is 0.0456. The second kappa shape index (κ2) is 6.56. The van der Waals surface area contributed by atoms with Gasteiger partial charge >= 0.3 is 0 Å². The molecule has 26 heavy (non-hydrogen) atoms. The summed E-state index contributed by atoms with van der Waals surface area (Å²) in [7, 11) is 1.69. The zero-order valence-electron chi connectivity index (χ0n) is 16.0. The lowest BCUT2D eigenvalue weighted by Crippen LogP contribution is -2.56. The van der Waals surface area contributed by atoms with Crippen LogP contribution in [-0.2, 0) is 11.2 Å². The maximum Gasteiger partial charge on any atom is 0.220 e. The quantitative estimate of drug-likeness (QED) is 0.820. The van der Waals surface area contributed by atoms with Crippen LogP contribution >= 0.6 is 0 Å². The van der Waals surface area contributed by atoms with Crippen molar-refractivity contribution < 1.29 is 14.6 Å². The number of hydrogen-bond acceptors (Lipinski definition) is 3. The molecule has 142 valence electrons. The van der Waals surface area contributed by atoms with Gasteiger partial charge in [0.15, 0.2) is 0 Å². The smallest absolute Gasteiger partial charge is 0.220 e. The maximum atomic E-state index is 12.6. The van der Waals surface area contributed by atoms with Crippen LogP contribution in [0.1, 0.15) is 56.1 Å². The van der Waals surface area contributed by atoms with E-state index in [0.717, 1.165) is 49.8 Å². The first-order valence-electron chi connectivity index (χ1n) is 10.0. The van der Waals surface area contributed by atoms with Crippen LogP contribution < -0.4 is 10.1 Å². The molecule has 0 heterocycles. The Morgan fingerprint density at radius 3 is 2.65 bits per heavy atom. The van der Waals surface area contributed by atoms with E-state index in [4.69, 9.17) is 4.74 Å². The number of amides is 1. The third-order valence-corrected chi connectivity index (χ3v) is 6.84. The highest BCUT2D eigenvalue weighted by Crippen LogP contribution is 2.62. The molecule has 4 heteroatoms. The minimum Gasteiger partial charge on any atom is -0.496 e. The Balaban J connectivity index is 1.33. The van der Waals surface area contributed by atoms with E-state index >= 15 is 0 Å². The van der Waals surface area contributed by atoms with Gasteiger partial charge < -0.3 is 15.2 Å². The van der Waals surface area contributed by atoms with Crippen LogP contribution in [-0.4, -0.2) is 30.3 Å². The van der Waals surface area contributed by atoms with Crippen LogP contribution in [0.2, 0.25) is 0 Å². The third kappa shape index (κ3) is 3.48. The van der Waals surface area contributed by atoms with Gasteiger partial charge in [-0.25, -0.2) is 0 Å². The molecule has 4 saturated carbocycles. The number of aryl methyl sites for hydroxylation is 1. The van der Waals surface area contributed by atoms with Crippen LogP contribution in [0.5, 0.6) is 5.75 Å². The summed E-state index contributed by atoms with van der Waals surface area (Å²) in [6, 6.07) is 6.15. The highest BCUT2D eigenvalue weighted by Gasteiger charge is 2.57. The van der Waals surface area contributed by atoms with Crippen LogP contribution in [0.3, 0.4) is 0 Å². The Hall–Kier alpha value is -1.55. The molecule has 2 unspecified atom stereocenters. The largest absolute Gasteiger partial charge is 0.496 e. The molecule has 1 aromatic rings. The molecule has 0 aliphatic heterocycles. The molecule has 4 bridgehead atoms. The summed E-state index contributed by atoms with van der Waals surface area (Å²) in [5, 5.41) is 14.0. The third-order valence-electron chi connectivity index (χ3n) is 6.84. The predicted molar refractivity (Wildman–Crippen MR) is 101 cm³/mol. The molecule has 4 aliphatic carbocycles. The zero-order valence-corrected chi connectivity index (χ0v) is 16.0. The summed E-state index contributed by atoms with van der Waals surface area (Å²) in [6.07, 6.45) is 7.62. The first-order chi connectivity index (χ1) is 12.4. The second-order valence-corrected chi connectivity index (χ2v) is 9.28. The maximum absolute atomic E-state index is 12.6. The van der Waals surface area contributed by atoms with Crippen molar-refractivity contribution in [3.05, 3.63) is 29.3 Å². The van der Waals surface area contributed by atoms with Crippen molar-refractivity contribution in [2.75, 3.05) is 13.7 Å². The Kier molecular flexibility index (Phi) is 4.50. The van der Waals surface area contributed by atoms with Gasteiger partial charge in [-0.2, -0.15) is 0 Å². The van der Waals surface area contributed by atoms with Gasteiger partial charge in [-0.05, 0) is 80.8 Å². The molecular weight excluding hydrogens is 326 g/mol. The molecule has 5 rings (SSSR count). The summed E-state index contributed by atoms with van der Waals surface area (Å²) in [5.74, 6) is 2.28. The Morgan fingerprint density at radius 2 is 2.00 bits per heavy atom. The predicted octanol–water partition coefficient (Wildman–Crippen LogP) is 3.38. The number of aliphatic hydroxyl groups is 1. The fraction of sp³-hybridized carbons (Fsp3) is 0.682. The molecule has 1 aromatic carbocycles. The van der Waals surface area contributed by atoms with E-state index in [1.807, 2.05) is 12.1 Å². The molecule has 4 nitrogen and oxygen atoms in total. The molecule has 0 aromatic heterocycles. The summed E-state index contributed by atoms with van der Waals surface area (Å²) in [5.41, 5.74) is 1.90. The first kappa shape index (κ1) is 17.8. The Bertz CT molecular complexity index is 685. The van der Waals surface area contributed by atoms with Gasteiger partial charge in [0, 0.05) is 13.0 Å². The van der Waals surface area contributed by atoms with Gasteiger partial charge in [-0.15, -0.1) is 0 Å². The van der Waals surface area contributed by atoms with E-state index in [-0.39, 0.29) is 11.3 Å². The van der Waals surface area contributed by atoms with E-state index < -0.39 is 5.60 Å². The van der Waals surface area contributed by atoms with Crippen molar-refractivity contribution in [1.29, 1.82) is 0 Å². The topological polar surface area (TPSA) is 58.6 Å². The van der Waals surface area contributed by atoms with Gasteiger partial charge in [0.25, 0.3) is 0 Å². The molecule has 2 atom stereocenters. The summed E-state index contributed by atoms with van der Waals surface area (Å²) >= 11 is 0. The fourth-order valence-electron chi connectivity index (χ4n) is 6.45. The van der Waals surface area contributed by atoms with Gasteiger partial charge in [-0.1, -0.05) is 17.7 Å². The average Bonchev–Trinajstić information content (AvgIpc) is 2.52. The normalized spacial score (nSPS) is 34.7. The first-order valence-corrected chi connectivity index (χ1v) is 10.0. The zero-order chi connectivity index (χ0) is 18.4. The molecule has 0 radical (unpaired) electrons. The molecule has 1 amide bonds.